The molecule has 146 valence electrons. The van der Waals surface area contributed by atoms with Crippen LogP contribution in [-0.2, 0) is 19.0 Å². The summed E-state index contributed by atoms with van der Waals surface area (Å²) >= 11 is 0. The summed E-state index contributed by atoms with van der Waals surface area (Å²) in [6.07, 6.45) is 2.12. The van der Waals surface area contributed by atoms with Crippen LogP contribution in [0.1, 0.15) is 33.8 Å². The monoisotopic (exact) mass is 387 g/mol. The number of alkyl halides is 3. The van der Waals surface area contributed by atoms with Gasteiger partial charge in [-0.1, -0.05) is 24.3 Å². The molecule has 1 heterocycles. The SMILES string of the molecule is COc1ccc(CCc2coc(/C=C/c3ccc(C(F)(F)F)cc3)n2)cc1C. The van der Waals surface area contributed by atoms with E-state index in [1.807, 2.05) is 19.1 Å². The van der Waals surface area contributed by atoms with Gasteiger partial charge in [-0.25, -0.2) is 4.98 Å². The minimum atomic E-state index is -4.33. The molecule has 0 radical (unpaired) electrons. The summed E-state index contributed by atoms with van der Waals surface area (Å²) in [4.78, 5) is 4.40. The molecular weight excluding hydrogens is 367 g/mol. The molecule has 0 unspecified atom stereocenters. The third kappa shape index (κ3) is 5.03. The van der Waals surface area contributed by atoms with E-state index in [0.29, 0.717) is 11.5 Å². The molecule has 0 aliphatic rings. The first-order chi connectivity index (χ1) is 13.3. The molecular formula is C22H20F3NO2. The number of hydrogen-bond donors (Lipinski definition) is 0. The number of oxazole rings is 1. The van der Waals surface area contributed by atoms with E-state index in [4.69, 9.17) is 9.15 Å². The average Bonchev–Trinajstić information content (AvgIpc) is 3.12. The molecule has 2 aromatic carbocycles. The van der Waals surface area contributed by atoms with Gasteiger partial charge in [0.15, 0.2) is 0 Å². The maximum absolute atomic E-state index is 12.6. The van der Waals surface area contributed by atoms with E-state index in [1.165, 1.54) is 17.7 Å². The first kappa shape index (κ1) is 19.7. The third-order valence-electron chi connectivity index (χ3n) is 4.35. The van der Waals surface area contributed by atoms with Gasteiger partial charge in [-0.3, -0.25) is 0 Å². The molecule has 0 aliphatic heterocycles. The zero-order valence-electron chi connectivity index (χ0n) is 15.6. The molecule has 1 aromatic heterocycles. The van der Waals surface area contributed by atoms with Crippen molar-refractivity contribution in [2.45, 2.75) is 25.9 Å². The van der Waals surface area contributed by atoms with Crippen LogP contribution < -0.4 is 4.74 Å². The van der Waals surface area contributed by atoms with E-state index in [9.17, 15) is 13.2 Å². The topological polar surface area (TPSA) is 35.3 Å². The molecule has 0 aliphatic carbocycles. The Labute approximate surface area is 161 Å². The zero-order valence-corrected chi connectivity index (χ0v) is 15.6. The Bertz CT molecular complexity index is 957. The van der Waals surface area contributed by atoms with Crippen LogP contribution in [0.3, 0.4) is 0 Å². The second kappa shape index (κ2) is 8.33. The molecule has 0 saturated heterocycles. The van der Waals surface area contributed by atoms with Gasteiger partial charge in [-0.15, -0.1) is 0 Å². The molecule has 0 saturated carbocycles. The van der Waals surface area contributed by atoms with Crippen LogP contribution in [0.15, 0.2) is 53.1 Å². The first-order valence-corrected chi connectivity index (χ1v) is 8.78. The maximum atomic E-state index is 12.6. The molecule has 0 amide bonds. The van der Waals surface area contributed by atoms with Gasteiger partial charge < -0.3 is 9.15 Å². The van der Waals surface area contributed by atoms with Gasteiger partial charge in [0.05, 0.1) is 18.4 Å². The van der Waals surface area contributed by atoms with Crippen molar-refractivity contribution < 1.29 is 22.3 Å². The second-order valence-corrected chi connectivity index (χ2v) is 6.43. The number of halogens is 3. The van der Waals surface area contributed by atoms with E-state index in [2.05, 4.69) is 11.1 Å². The Hall–Kier alpha value is -3.02. The predicted octanol–water partition coefficient (Wildman–Crippen LogP) is 5.97. The van der Waals surface area contributed by atoms with E-state index >= 15 is 0 Å². The fourth-order valence-corrected chi connectivity index (χ4v) is 2.83. The molecule has 0 bridgehead atoms. The van der Waals surface area contributed by atoms with Crippen molar-refractivity contribution in [1.29, 1.82) is 0 Å². The highest BCUT2D eigenvalue weighted by Gasteiger charge is 2.29. The number of ether oxygens (including phenoxy) is 1. The lowest BCUT2D eigenvalue weighted by atomic mass is 10.1. The van der Waals surface area contributed by atoms with Crippen LogP contribution in [0, 0.1) is 6.92 Å². The van der Waals surface area contributed by atoms with Crippen molar-refractivity contribution in [3.63, 3.8) is 0 Å². The highest BCUT2D eigenvalue weighted by Crippen LogP contribution is 2.29. The van der Waals surface area contributed by atoms with Crippen LogP contribution in [0.5, 0.6) is 5.75 Å². The number of rotatable bonds is 6. The smallest absolute Gasteiger partial charge is 0.416 e. The van der Waals surface area contributed by atoms with Crippen molar-refractivity contribution in [2.75, 3.05) is 7.11 Å². The van der Waals surface area contributed by atoms with E-state index in [1.54, 1.807) is 25.5 Å². The molecule has 6 heteroatoms. The van der Waals surface area contributed by atoms with Crippen molar-refractivity contribution in [1.82, 2.24) is 4.98 Å². The van der Waals surface area contributed by atoms with E-state index in [0.717, 1.165) is 42.0 Å². The molecule has 0 N–H and O–H groups in total. The Morgan fingerprint density at radius 1 is 1.04 bits per heavy atom. The summed E-state index contributed by atoms with van der Waals surface area (Å²) in [6.45, 7) is 2.00. The zero-order chi connectivity index (χ0) is 20.1. The van der Waals surface area contributed by atoms with Crippen molar-refractivity contribution in [3.05, 3.63) is 82.6 Å². The van der Waals surface area contributed by atoms with Crippen molar-refractivity contribution in [3.8, 4) is 5.75 Å². The molecule has 0 fully saturated rings. The lowest BCUT2D eigenvalue weighted by Gasteiger charge is -2.06. The highest BCUT2D eigenvalue weighted by atomic mass is 19.4. The standard InChI is InChI=1S/C22H20F3NO2/c1-15-13-17(6-11-20(15)27-2)5-10-19-14-28-21(26-19)12-7-16-3-8-18(9-4-16)22(23,24)25/h3-4,6-9,11-14H,5,10H2,1-2H3/b12-7+. The van der Waals surface area contributed by atoms with Crippen LogP contribution in [0.25, 0.3) is 12.2 Å². The Balaban J connectivity index is 1.59. The van der Waals surface area contributed by atoms with Gasteiger partial charge >= 0.3 is 6.18 Å². The number of benzene rings is 2. The molecule has 3 nitrogen and oxygen atoms in total. The summed E-state index contributed by atoms with van der Waals surface area (Å²) in [5.74, 6) is 1.28. The van der Waals surface area contributed by atoms with Crippen molar-refractivity contribution >= 4 is 12.2 Å². The minimum Gasteiger partial charge on any atom is -0.496 e. The van der Waals surface area contributed by atoms with Gasteiger partial charge in [-0.05, 0) is 60.7 Å². The van der Waals surface area contributed by atoms with E-state index in [-0.39, 0.29) is 0 Å². The number of methoxy groups -OCH3 is 1. The second-order valence-electron chi connectivity index (χ2n) is 6.43. The Morgan fingerprint density at radius 3 is 2.43 bits per heavy atom. The largest absolute Gasteiger partial charge is 0.496 e. The third-order valence-corrected chi connectivity index (χ3v) is 4.35. The highest BCUT2D eigenvalue weighted by molar-refractivity contribution is 5.66. The number of nitrogens with zero attached hydrogens (tertiary/aromatic N) is 1. The lowest BCUT2D eigenvalue weighted by molar-refractivity contribution is -0.137. The number of aromatic nitrogens is 1. The van der Waals surface area contributed by atoms with Crippen molar-refractivity contribution in [2.24, 2.45) is 0 Å². The molecule has 0 atom stereocenters. The Morgan fingerprint density at radius 2 is 1.79 bits per heavy atom. The molecule has 28 heavy (non-hydrogen) atoms. The normalized spacial score (nSPS) is 11.9. The fourth-order valence-electron chi connectivity index (χ4n) is 2.83. The minimum absolute atomic E-state index is 0.417. The summed E-state index contributed by atoms with van der Waals surface area (Å²) in [5, 5.41) is 0. The van der Waals surface area contributed by atoms with Crippen LogP contribution in [0.2, 0.25) is 0 Å². The van der Waals surface area contributed by atoms with Gasteiger partial charge in [-0.2, -0.15) is 13.2 Å². The molecule has 0 spiro atoms. The fraction of sp³-hybridized carbons (Fsp3) is 0.227. The number of aryl methyl sites for hydroxylation is 3. The molecule has 3 rings (SSSR count). The van der Waals surface area contributed by atoms with Crippen LogP contribution in [-0.4, -0.2) is 12.1 Å². The van der Waals surface area contributed by atoms with Gasteiger partial charge in [0.1, 0.15) is 12.0 Å². The summed E-state index contributed by atoms with van der Waals surface area (Å²) < 4.78 is 48.4. The first-order valence-electron chi connectivity index (χ1n) is 8.78. The lowest BCUT2D eigenvalue weighted by Crippen LogP contribution is -2.03. The summed E-state index contributed by atoms with van der Waals surface area (Å²) in [5.41, 5.74) is 3.06. The van der Waals surface area contributed by atoms with Gasteiger partial charge in [0, 0.05) is 6.08 Å². The Kier molecular flexibility index (Phi) is 5.87. The quantitative estimate of drug-likeness (QED) is 0.523. The summed E-state index contributed by atoms with van der Waals surface area (Å²) in [6, 6.07) is 11.0. The molecule has 3 aromatic rings. The van der Waals surface area contributed by atoms with Gasteiger partial charge in [0.2, 0.25) is 5.89 Å². The number of hydrogen-bond acceptors (Lipinski definition) is 3. The van der Waals surface area contributed by atoms with E-state index < -0.39 is 11.7 Å². The van der Waals surface area contributed by atoms with Gasteiger partial charge in [0.25, 0.3) is 0 Å². The average molecular weight is 387 g/mol. The predicted molar refractivity (Wildman–Crippen MR) is 102 cm³/mol. The van der Waals surface area contributed by atoms with Crippen LogP contribution in [0.4, 0.5) is 13.2 Å². The van der Waals surface area contributed by atoms with Crippen LogP contribution >= 0.6 is 0 Å². The summed E-state index contributed by atoms with van der Waals surface area (Å²) in [7, 11) is 1.65. The maximum Gasteiger partial charge on any atom is 0.416 e.